The van der Waals surface area contributed by atoms with Gasteiger partial charge in [0.2, 0.25) is 0 Å². The van der Waals surface area contributed by atoms with Gasteiger partial charge in [0.1, 0.15) is 0 Å². The van der Waals surface area contributed by atoms with E-state index >= 15 is 0 Å². The Labute approximate surface area is 73.3 Å². The number of fused-ring (bicyclic) bond motifs is 1. The first-order valence-corrected chi connectivity index (χ1v) is 4.49. The van der Waals surface area contributed by atoms with Gasteiger partial charge >= 0.3 is 0 Å². The zero-order chi connectivity index (χ0) is 8.39. The maximum absolute atomic E-state index is 3.03. The molecule has 0 saturated heterocycles. The third kappa shape index (κ3) is 1.12. The molecule has 2 rings (SSSR count). The Morgan fingerprint density at radius 1 is 1.50 bits per heavy atom. The van der Waals surface area contributed by atoms with E-state index in [1.165, 1.54) is 11.1 Å². The number of hydrogen-bond donors (Lipinski definition) is 0. The fourth-order valence-electron chi connectivity index (χ4n) is 1.77. The molecule has 0 saturated carbocycles. The van der Waals surface area contributed by atoms with Gasteiger partial charge in [0, 0.05) is 5.92 Å². The molecule has 0 amide bonds. The Morgan fingerprint density at radius 2 is 2.42 bits per heavy atom. The molecule has 0 radical (unpaired) electrons. The minimum Gasteiger partial charge on any atom is -0.0833 e. The maximum atomic E-state index is 3.03. The molecular formula is C12H12. The maximum Gasteiger partial charge on any atom is 0.0144 e. The highest BCUT2D eigenvalue weighted by Crippen LogP contribution is 2.29. The summed E-state index contributed by atoms with van der Waals surface area (Å²) < 4.78 is 0. The van der Waals surface area contributed by atoms with Crippen molar-refractivity contribution in [3.63, 3.8) is 0 Å². The summed E-state index contributed by atoms with van der Waals surface area (Å²) in [7, 11) is 0. The van der Waals surface area contributed by atoms with E-state index < -0.39 is 0 Å². The Kier molecular flexibility index (Phi) is 1.87. The van der Waals surface area contributed by atoms with E-state index in [-0.39, 0.29) is 0 Å². The Balaban J connectivity index is 2.48. The normalized spacial score (nSPS) is 24.9. The van der Waals surface area contributed by atoms with Crippen LogP contribution in [-0.2, 0) is 0 Å². The minimum absolute atomic E-state index is 0.575. The van der Waals surface area contributed by atoms with Crippen LogP contribution in [0.2, 0.25) is 0 Å². The van der Waals surface area contributed by atoms with Crippen molar-refractivity contribution in [2.45, 2.75) is 19.8 Å². The molecule has 0 heterocycles. The molecule has 2 aliphatic rings. The molecule has 60 valence electrons. The average Bonchev–Trinajstić information content (AvgIpc) is 2.17. The fourth-order valence-corrected chi connectivity index (χ4v) is 1.77. The SMILES string of the molecule is CCC1=C2C=C=C=CC2CC=C1. The van der Waals surface area contributed by atoms with Gasteiger partial charge in [-0.25, -0.2) is 0 Å². The average molecular weight is 156 g/mol. The first-order valence-electron chi connectivity index (χ1n) is 4.49. The quantitative estimate of drug-likeness (QED) is 0.511. The van der Waals surface area contributed by atoms with Crippen molar-refractivity contribution in [2.24, 2.45) is 5.92 Å². The first-order chi connectivity index (χ1) is 5.92. The predicted octanol–water partition coefficient (Wildman–Crippen LogP) is 3.15. The van der Waals surface area contributed by atoms with Gasteiger partial charge in [-0.05, 0) is 36.1 Å². The zero-order valence-electron chi connectivity index (χ0n) is 7.30. The van der Waals surface area contributed by atoms with E-state index in [0.29, 0.717) is 5.92 Å². The van der Waals surface area contributed by atoms with Crippen LogP contribution >= 0.6 is 0 Å². The molecule has 1 atom stereocenters. The topological polar surface area (TPSA) is 0 Å². The van der Waals surface area contributed by atoms with Crippen molar-refractivity contribution in [2.75, 3.05) is 0 Å². The van der Waals surface area contributed by atoms with E-state index in [9.17, 15) is 0 Å². The van der Waals surface area contributed by atoms with E-state index in [1.807, 2.05) is 0 Å². The van der Waals surface area contributed by atoms with Crippen LogP contribution in [-0.4, -0.2) is 0 Å². The molecule has 0 aromatic rings. The van der Waals surface area contributed by atoms with Crippen LogP contribution in [0.15, 0.2) is 46.9 Å². The molecule has 0 bridgehead atoms. The second kappa shape index (κ2) is 3.03. The van der Waals surface area contributed by atoms with E-state index in [1.54, 1.807) is 0 Å². The van der Waals surface area contributed by atoms with Crippen LogP contribution < -0.4 is 0 Å². The van der Waals surface area contributed by atoms with Gasteiger partial charge in [0.25, 0.3) is 0 Å². The molecule has 0 spiro atoms. The van der Waals surface area contributed by atoms with Gasteiger partial charge < -0.3 is 0 Å². The molecule has 12 heavy (non-hydrogen) atoms. The van der Waals surface area contributed by atoms with Gasteiger partial charge in [0.15, 0.2) is 0 Å². The number of rotatable bonds is 1. The Hall–Kier alpha value is -1.22. The Morgan fingerprint density at radius 3 is 3.25 bits per heavy atom. The van der Waals surface area contributed by atoms with Crippen molar-refractivity contribution < 1.29 is 0 Å². The predicted molar refractivity (Wildman–Crippen MR) is 50.7 cm³/mol. The lowest BCUT2D eigenvalue weighted by atomic mass is 9.85. The van der Waals surface area contributed by atoms with Crippen LogP contribution in [0.25, 0.3) is 0 Å². The molecule has 2 aliphatic carbocycles. The van der Waals surface area contributed by atoms with Crippen molar-refractivity contribution in [3.8, 4) is 0 Å². The lowest BCUT2D eigenvalue weighted by Crippen LogP contribution is -2.05. The van der Waals surface area contributed by atoms with Gasteiger partial charge in [-0.15, -0.1) is 0 Å². The third-order valence-electron chi connectivity index (χ3n) is 2.46. The summed E-state index contributed by atoms with van der Waals surface area (Å²) in [5.41, 5.74) is 8.95. The lowest BCUT2D eigenvalue weighted by Gasteiger charge is -2.19. The Bertz CT molecular complexity index is 340. The molecule has 0 heteroatoms. The standard InChI is InChI=1S/C12H12/c1-2-10-7-5-8-11-6-3-4-9-12(10)11/h5-7,9,11H,2,8H2,1H3. The molecule has 1 unspecified atom stereocenters. The fraction of sp³-hybridized carbons (Fsp3) is 0.333. The molecule has 0 nitrogen and oxygen atoms in total. The summed E-state index contributed by atoms with van der Waals surface area (Å²) in [5, 5.41) is 0. The summed E-state index contributed by atoms with van der Waals surface area (Å²) in [6.45, 7) is 2.20. The molecule has 0 aromatic heterocycles. The van der Waals surface area contributed by atoms with Crippen molar-refractivity contribution in [3.05, 3.63) is 46.9 Å². The second-order valence-corrected chi connectivity index (χ2v) is 3.18. The summed E-state index contributed by atoms with van der Waals surface area (Å²) in [5.74, 6) is 0.575. The van der Waals surface area contributed by atoms with Crippen LogP contribution in [0.4, 0.5) is 0 Å². The summed E-state index contributed by atoms with van der Waals surface area (Å²) in [6.07, 6.45) is 10.9. The number of hydrogen-bond acceptors (Lipinski definition) is 0. The highest BCUT2D eigenvalue weighted by atomic mass is 14.2. The largest absolute Gasteiger partial charge is 0.0833 e. The van der Waals surface area contributed by atoms with E-state index in [0.717, 1.165) is 12.8 Å². The van der Waals surface area contributed by atoms with E-state index in [4.69, 9.17) is 0 Å². The van der Waals surface area contributed by atoms with E-state index in [2.05, 4.69) is 42.7 Å². The smallest absolute Gasteiger partial charge is 0.0144 e. The number of allylic oxidation sites excluding steroid dienone is 6. The van der Waals surface area contributed by atoms with Gasteiger partial charge in [0.05, 0.1) is 0 Å². The van der Waals surface area contributed by atoms with Gasteiger partial charge in [-0.1, -0.05) is 30.5 Å². The van der Waals surface area contributed by atoms with Crippen LogP contribution in [0.5, 0.6) is 0 Å². The van der Waals surface area contributed by atoms with Crippen LogP contribution in [0.3, 0.4) is 0 Å². The lowest BCUT2D eigenvalue weighted by molar-refractivity contribution is 0.763. The second-order valence-electron chi connectivity index (χ2n) is 3.18. The summed E-state index contributed by atoms with van der Waals surface area (Å²) in [6, 6.07) is 0. The van der Waals surface area contributed by atoms with Gasteiger partial charge in [-0.3, -0.25) is 0 Å². The highest BCUT2D eigenvalue weighted by Gasteiger charge is 2.15. The van der Waals surface area contributed by atoms with Crippen LogP contribution in [0, 0.1) is 5.92 Å². The van der Waals surface area contributed by atoms with Crippen molar-refractivity contribution in [1.82, 2.24) is 0 Å². The monoisotopic (exact) mass is 156 g/mol. The van der Waals surface area contributed by atoms with Crippen molar-refractivity contribution >= 4 is 0 Å². The highest BCUT2D eigenvalue weighted by molar-refractivity contribution is 5.41. The molecule has 0 N–H and O–H groups in total. The van der Waals surface area contributed by atoms with Crippen molar-refractivity contribution in [1.29, 1.82) is 0 Å². The summed E-state index contributed by atoms with van der Waals surface area (Å²) >= 11 is 0. The molecule has 0 aromatic carbocycles. The zero-order valence-corrected chi connectivity index (χ0v) is 7.30. The third-order valence-corrected chi connectivity index (χ3v) is 2.46. The summed E-state index contributed by atoms with van der Waals surface area (Å²) in [4.78, 5) is 0. The van der Waals surface area contributed by atoms with Crippen LogP contribution in [0.1, 0.15) is 19.8 Å². The minimum atomic E-state index is 0.575. The molecule has 0 fully saturated rings. The molecule has 0 aliphatic heterocycles. The first kappa shape index (κ1) is 7.43. The van der Waals surface area contributed by atoms with Gasteiger partial charge in [-0.2, -0.15) is 0 Å². The molecular weight excluding hydrogens is 144 g/mol.